The SMILES string of the molecule is O=[N+]([O-])Nc1ccc(O)c(N[N+](=O)[O-])c1. The molecular weight excluding hydrogens is 208 g/mol. The largest absolute Gasteiger partial charge is 0.506 e. The van der Waals surface area contributed by atoms with Crippen molar-refractivity contribution in [3.05, 3.63) is 38.4 Å². The first-order valence-electron chi connectivity index (χ1n) is 3.64. The number of phenolic OH excluding ortho intramolecular Hbond substituents is 1. The number of nitrogens with one attached hydrogen (secondary N) is 2. The zero-order chi connectivity index (χ0) is 11.4. The number of phenols is 1. The van der Waals surface area contributed by atoms with Crippen molar-refractivity contribution >= 4 is 11.4 Å². The van der Waals surface area contributed by atoms with Crippen LogP contribution in [0.3, 0.4) is 0 Å². The predicted molar refractivity (Wildman–Crippen MR) is 49.3 cm³/mol. The molecule has 15 heavy (non-hydrogen) atoms. The van der Waals surface area contributed by atoms with Crippen LogP contribution in [0.2, 0.25) is 0 Å². The summed E-state index contributed by atoms with van der Waals surface area (Å²) in [6.45, 7) is 0. The Morgan fingerprint density at radius 3 is 2.27 bits per heavy atom. The summed E-state index contributed by atoms with van der Waals surface area (Å²) >= 11 is 0. The molecule has 0 aliphatic rings. The van der Waals surface area contributed by atoms with Crippen molar-refractivity contribution in [1.29, 1.82) is 0 Å². The maximum absolute atomic E-state index is 10.1. The number of aromatic hydroxyl groups is 1. The number of anilines is 2. The fourth-order valence-corrected chi connectivity index (χ4v) is 0.899. The van der Waals surface area contributed by atoms with Gasteiger partial charge in [-0.15, -0.1) is 10.9 Å². The first-order valence-corrected chi connectivity index (χ1v) is 3.64. The second kappa shape index (κ2) is 4.09. The lowest BCUT2D eigenvalue weighted by atomic mass is 10.2. The van der Waals surface area contributed by atoms with Gasteiger partial charge in [-0.25, -0.2) is 20.2 Å². The molecule has 0 aromatic heterocycles. The highest BCUT2D eigenvalue weighted by Gasteiger charge is 2.09. The molecule has 9 heteroatoms. The van der Waals surface area contributed by atoms with Crippen molar-refractivity contribution in [2.75, 3.05) is 10.9 Å². The zero-order valence-corrected chi connectivity index (χ0v) is 7.21. The Labute approximate surface area is 82.6 Å². The van der Waals surface area contributed by atoms with Crippen molar-refractivity contribution in [3.8, 4) is 5.75 Å². The second-order valence-corrected chi connectivity index (χ2v) is 2.47. The number of hydrazine groups is 2. The van der Waals surface area contributed by atoms with Crippen molar-refractivity contribution in [2.45, 2.75) is 0 Å². The predicted octanol–water partition coefficient (Wildman–Crippen LogP) is 0.599. The van der Waals surface area contributed by atoms with E-state index in [9.17, 15) is 20.2 Å². The maximum atomic E-state index is 10.1. The average molecular weight is 214 g/mol. The van der Waals surface area contributed by atoms with Gasteiger partial charge < -0.3 is 5.11 Å². The Morgan fingerprint density at radius 2 is 1.73 bits per heavy atom. The fraction of sp³-hybridized carbons (Fsp3) is 0. The number of rotatable bonds is 4. The Bertz CT molecular complexity index is 407. The van der Waals surface area contributed by atoms with Crippen molar-refractivity contribution < 1.29 is 15.2 Å². The van der Waals surface area contributed by atoms with Crippen molar-refractivity contribution in [3.63, 3.8) is 0 Å². The van der Waals surface area contributed by atoms with E-state index in [2.05, 4.69) is 0 Å². The van der Waals surface area contributed by atoms with Gasteiger partial charge in [-0.2, -0.15) is 0 Å². The second-order valence-electron chi connectivity index (χ2n) is 2.47. The van der Waals surface area contributed by atoms with Crippen LogP contribution in [0.25, 0.3) is 0 Å². The molecule has 0 amide bonds. The normalized spacial score (nSPS) is 9.33. The lowest BCUT2D eigenvalue weighted by Gasteiger charge is -2.02. The standard InChI is InChI=1S/C6H6N4O5/c11-6-2-1-4(7-9(12)13)3-5(6)8-10(14)15/h1-3,7-8,11H. The summed E-state index contributed by atoms with van der Waals surface area (Å²) in [4.78, 5) is 20.1. The minimum absolute atomic E-state index is 0.0159. The summed E-state index contributed by atoms with van der Waals surface area (Å²) in [6, 6.07) is 3.35. The van der Waals surface area contributed by atoms with E-state index in [-0.39, 0.29) is 17.1 Å². The summed E-state index contributed by atoms with van der Waals surface area (Å²) in [5.74, 6) is -0.374. The van der Waals surface area contributed by atoms with E-state index in [1.807, 2.05) is 0 Å². The Kier molecular flexibility index (Phi) is 2.86. The van der Waals surface area contributed by atoms with E-state index in [1.54, 1.807) is 10.9 Å². The molecule has 0 fully saturated rings. The summed E-state index contributed by atoms with van der Waals surface area (Å²) in [7, 11) is 0. The van der Waals surface area contributed by atoms with Gasteiger partial charge in [0.2, 0.25) is 0 Å². The van der Waals surface area contributed by atoms with Crippen LogP contribution >= 0.6 is 0 Å². The third-order valence-electron chi connectivity index (χ3n) is 1.43. The van der Waals surface area contributed by atoms with E-state index in [0.717, 1.165) is 12.1 Å². The van der Waals surface area contributed by atoms with E-state index < -0.39 is 10.1 Å². The molecule has 0 radical (unpaired) electrons. The fourth-order valence-electron chi connectivity index (χ4n) is 0.899. The van der Waals surface area contributed by atoms with Gasteiger partial charge in [0.15, 0.2) is 10.1 Å². The first kappa shape index (κ1) is 10.5. The minimum atomic E-state index is -0.884. The summed E-state index contributed by atoms with van der Waals surface area (Å²) < 4.78 is 0. The molecule has 0 atom stereocenters. The van der Waals surface area contributed by atoms with Gasteiger partial charge in [0.1, 0.15) is 17.1 Å². The molecular formula is C6H6N4O5. The molecule has 80 valence electrons. The van der Waals surface area contributed by atoms with Crippen LogP contribution < -0.4 is 10.9 Å². The molecule has 9 nitrogen and oxygen atoms in total. The smallest absolute Gasteiger partial charge is 0.162 e. The quantitative estimate of drug-likeness (QED) is 0.289. The third-order valence-corrected chi connectivity index (χ3v) is 1.43. The Morgan fingerprint density at radius 1 is 1.13 bits per heavy atom. The first-order chi connectivity index (χ1) is 6.99. The van der Waals surface area contributed by atoms with Crippen LogP contribution in [-0.2, 0) is 0 Å². The van der Waals surface area contributed by atoms with Gasteiger partial charge in [0.05, 0.1) is 0 Å². The minimum Gasteiger partial charge on any atom is -0.506 e. The lowest BCUT2D eigenvalue weighted by molar-refractivity contribution is -0.446. The van der Waals surface area contributed by atoms with Gasteiger partial charge in [0, 0.05) is 6.07 Å². The highest BCUT2D eigenvalue weighted by molar-refractivity contribution is 5.62. The Hall–Kier alpha value is -2.58. The highest BCUT2D eigenvalue weighted by Crippen LogP contribution is 2.26. The number of hydrogen-bond donors (Lipinski definition) is 3. The van der Waals surface area contributed by atoms with Crippen LogP contribution in [0.15, 0.2) is 18.2 Å². The molecule has 0 spiro atoms. The van der Waals surface area contributed by atoms with Crippen LogP contribution in [-0.4, -0.2) is 15.2 Å². The van der Waals surface area contributed by atoms with Gasteiger partial charge in [-0.3, -0.25) is 0 Å². The summed E-state index contributed by atoms with van der Waals surface area (Å²) in [6.07, 6.45) is 0. The zero-order valence-electron chi connectivity index (χ0n) is 7.21. The Balaban J connectivity index is 2.94. The molecule has 0 aliphatic heterocycles. The molecule has 3 N–H and O–H groups in total. The van der Waals surface area contributed by atoms with Gasteiger partial charge in [0.25, 0.3) is 0 Å². The van der Waals surface area contributed by atoms with Gasteiger partial charge in [-0.05, 0) is 12.1 Å². The molecule has 0 heterocycles. The number of nitrogens with zero attached hydrogens (tertiary/aromatic N) is 2. The van der Waals surface area contributed by atoms with Gasteiger partial charge >= 0.3 is 0 Å². The van der Waals surface area contributed by atoms with Crippen molar-refractivity contribution in [2.24, 2.45) is 0 Å². The third kappa shape index (κ3) is 2.99. The summed E-state index contributed by atoms with van der Waals surface area (Å²) in [5.41, 5.74) is 3.28. The van der Waals surface area contributed by atoms with Crippen molar-refractivity contribution in [1.82, 2.24) is 0 Å². The molecule has 0 saturated heterocycles. The molecule has 0 saturated carbocycles. The number of benzene rings is 1. The molecule has 1 rings (SSSR count). The van der Waals surface area contributed by atoms with E-state index in [0.29, 0.717) is 0 Å². The number of nitro groups is 2. The molecule has 0 aliphatic carbocycles. The monoisotopic (exact) mass is 214 g/mol. The molecule has 1 aromatic rings. The summed E-state index contributed by atoms with van der Waals surface area (Å²) in [5, 5.41) is 27.6. The van der Waals surface area contributed by atoms with Crippen LogP contribution in [0, 0.1) is 20.2 Å². The lowest BCUT2D eigenvalue weighted by Crippen LogP contribution is -2.10. The number of hydrogen-bond acceptors (Lipinski definition) is 5. The maximum Gasteiger partial charge on any atom is 0.162 e. The van der Waals surface area contributed by atoms with Crippen LogP contribution in [0.4, 0.5) is 11.4 Å². The topological polar surface area (TPSA) is 131 Å². The van der Waals surface area contributed by atoms with E-state index in [1.165, 1.54) is 6.07 Å². The van der Waals surface area contributed by atoms with E-state index in [4.69, 9.17) is 5.11 Å². The van der Waals surface area contributed by atoms with E-state index >= 15 is 0 Å². The van der Waals surface area contributed by atoms with Crippen LogP contribution in [0.1, 0.15) is 0 Å². The van der Waals surface area contributed by atoms with Gasteiger partial charge in [-0.1, -0.05) is 0 Å². The molecule has 1 aromatic carbocycles. The molecule has 0 bridgehead atoms. The molecule has 0 unspecified atom stereocenters. The van der Waals surface area contributed by atoms with Crippen LogP contribution in [0.5, 0.6) is 5.75 Å². The highest BCUT2D eigenvalue weighted by atomic mass is 16.7. The average Bonchev–Trinajstić information content (AvgIpc) is 2.09.